The van der Waals surface area contributed by atoms with E-state index >= 15 is 0 Å². The van der Waals surface area contributed by atoms with E-state index in [1.54, 1.807) is 6.26 Å². The van der Waals surface area contributed by atoms with Crippen LogP contribution >= 0.6 is 11.8 Å². The lowest BCUT2D eigenvalue weighted by Crippen LogP contribution is -2.09. The monoisotopic (exact) mass is 300 g/mol. The fraction of sp³-hybridized carbons (Fsp3) is 0.167. The first kappa shape index (κ1) is 14.4. The van der Waals surface area contributed by atoms with Crippen LogP contribution in [0.15, 0.2) is 35.5 Å². The number of alkyl halides is 3. The minimum Gasteiger partial charge on any atom is -0.383 e. The highest BCUT2D eigenvalue weighted by Gasteiger charge is 2.33. The normalized spacial score (nSPS) is 11.4. The Morgan fingerprint density at radius 2 is 1.90 bits per heavy atom. The lowest BCUT2D eigenvalue weighted by atomic mass is 10.1. The summed E-state index contributed by atoms with van der Waals surface area (Å²) in [6, 6.07) is 6.56. The Hall–Kier alpha value is -1.96. The van der Waals surface area contributed by atoms with Crippen LogP contribution in [0.3, 0.4) is 0 Å². The van der Waals surface area contributed by atoms with Crippen molar-refractivity contribution in [2.75, 3.05) is 17.3 Å². The van der Waals surface area contributed by atoms with Crippen LogP contribution in [0.4, 0.5) is 30.5 Å². The maximum absolute atomic E-state index is 12.9. The number of thioether (sulfide) groups is 1. The smallest absolute Gasteiger partial charge is 0.383 e. The van der Waals surface area contributed by atoms with E-state index in [2.05, 4.69) is 15.3 Å². The largest absolute Gasteiger partial charge is 0.418 e. The summed E-state index contributed by atoms with van der Waals surface area (Å²) >= 11 is 1.25. The highest BCUT2D eigenvalue weighted by molar-refractivity contribution is 7.98. The first-order chi connectivity index (χ1) is 9.40. The van der Waals surface area contributed by atoms with Gasteiger partial charge >= 0.3 is 6.18 Å². The Morgan fingerprint density at radius 1 is 1.20 bits per heavy atom. The molecule has 0 saturated carbocycles. The highest BCUT2D eigenvalue weighted by atomic mass is 32.2. The van der Waals surface area contributed by atoms with Gasteiger partial charge < -0.3 is 11.1 Å². The molecule has 0 bridgehead atoms. The van der Waals surface area contributed by atoms with Crippen molar-refractivity contribution < 1.29 is 13.2 Å². The Bertz CT molecular complexity index is 616. The zero-order valence-electron chi connectivity index (χ0n) is 10.4. The lowest BCUT2D eigenvalue weighted by molar-refractivity contribution is -0.136. The Kier molecular flexibility index (Phi) is 4.03. The van der Waals surface area contributed by atoms with E-state index in [1.165, 1.54) is 36.0 Å². The average Bonchev–Trinajstić information content (AvgIpc) is 2.37. The van der Waals surface area contributed by atoms with Crippen LogP contribution in [-0.2, 0) is 6.18 Å². The number of nitrogens with zero attached hydrogens (tertiary/aromatic N) is 2. The summed E-state index contributed by atoms with van der Waals surface area (Å²) in [7, 11) is 0. The average molecular weight is 300 g/mol. The topological polar surface area (TPSA) is 63.8 Å². The van der Waals surface area contributed by atoms with Crippen molar-refractivity contribution >= 4 is 29.1 Å². The van der Waals surface area contributed by atoms with Crippen LogP contribution in [-0.4, -0.2) is 16.2 Å². The van der Waals surface area contributed by atoms with Crippen molar-refractivity contribution in [3.8, 4) is 0 Å². The van der Waals surface area contributed by atoms with Crippen molar-refractivity contribution in [3.05, 3.63) is 35.9 Å². The summed E-state index contributed by atoms with van der Waals surface area (Å²) in [6.45, 7) is 0. The summed E-state index contributed by atoms with van der Waals surface area (Å²) in [5.41, 5.74) is 4.75. The summed E-state index contributed by atoms with van der Waals surface area (Å²) in [4.78, 5) is 8.00. The molecular weight excluding hydrogens is 289 g/mol. The van der Waals surface area contributed by atoms with Gasteiger partial charge in [-0.3, -0.25) is 0 Å². The van der Waals surface area contributed by atoms with Gasteiger partial charge in [-0.15, -0.1) is 0 Å². The predicted molar refractivity (Wildman–Crippen MR) is 73.0 cm³/mol. The van der Waals surface area contributed by atoms with Crippen molar-refractivity contribution in [1.29, 1.82) is 0 Å². The molecular formula is C12H11F3N4S. The third-order valence-electron chi connectivity index (χ3n) is 2.40. The van der Waals surface area contributed by atoms with Crippen LogP contribution in [0.1, 0.15) is 5.56 Å². The quantitative estimate of drug-likeness (QED) is 0.670. The van der Waals surface area contributed by atoms with Gasteiger partial charge in [-0.1, -0.05) is 23.9 Å². The van der Waals surface area contributed by atoms with Gasteiger partial charge in [-0.25, -0.2) is 9.97 Å². The molecule has 2 aromatic rings. The van der Waals surface area contributed by atoms with Crippen LogP contribution in [0.25, 0.3) is 0 Å². The number of benzene rings is 1. The van der Waals surface area contributed by atoms with Crippen LogP contribution in [0, 0.1) is 0 Å². The Balaban J connectivity index is 2.38. The van der Waals surface area contributed by atoms with E-state index < -0.39 is 11.7 Å². The van der Waals surface area contributed by atoms with Gasteiger partial charge in [0.15, 0.2) is 5.16 Å². The molecule has 106 valence electrons. The second-order valence-corrected chi connectivity index (χ2v) is 4.61. The summed E-state index contributed by atoms with van der Waals surface area (Å²) in [5, 5.41) is 3.02. The fourth-order valence-corrected chi connectivity index (χ4v) is 1.96. The zero-order valence-corrected chi connectivity index (χ0v) is 11.2. The first-order valence-corrected chi connectivity index (χ1v) is 6.74. The molecule has 0 fully saturated rings. The minimum atomic E-state index is -4.44. The van der Waals surface area contributed by atoms with Crippen LogP contribution < -0.4 is 11.1 Å². The van der Waals surface area contributed by atoms with Crippen molar-refractivity contribution in [2.24, 2.45) is 0 Å². The van der Waals surface area contributed by atoms with E-state index in [9.17, 15) is 13.2 Å². The number of hydrogen-bond acceptors (Lipinski definition) is 5. The fourth-order valence-electron chi connectivity index (χ4n) is 1.58. The zero-order chi connectivity index (χ0) is 14.8. The lowest BCUT2D eigenvalue weighted by Gasteiger charge is -2.14. The SMILES string of the molecule is CSc1nc(N)cc(Nc2ccccc2C(F)(F)F)n1. The number of para-hydroxylation sites is 1. The summed E-state index contributed by atoms with van der Waals surface area (Å²) in [6.07, 6.45) is -2.69. The van der Waals surface area contributed by atoms with E-state index in [4.69, 9.17) is 5.73 Å². The molecule has 0 aliphatic carbocycles. The van der Waals surface area contributed by atoms with Gasteiger partial charge in [0.1, 0.15) is 11.6 Å². The summed E-state index contributed by atoms with van der Waals surface area (Å²) < 4.78 is 38.6. The molecule has 2 rings (SSSR count). The summed E-state index contributed by atoms with van der Waals surface area (Å²) in [5.74, 6) is 0.412. The number of aromatic nitrogens is 2. The van der Waals surface area contributed by atoms with E-state index in [0.717, 1.165) is 6.07 Å². The third kappa shape index (κ3) is 3.32. The molecule has 0 spiro atoms. The molecule has 0 aliphatic heterocycles. The number of nitrogens with two attached hydrogens (primary N) is 1. The van der Waals surface area contributed by atoms with Gasteiger partial charge in [0, 0.05) is 6.07 Å². The van der Waals surface area contributed by atoms with E-state index in [0.29, 0.717) is 5.16 Å². The van der Waals surface area contributed by atoms with E-state index in [1.807, 2.05) is 0 Å². The number of anilines is 3. The Morgan fingerprint density at radius 3 is 2.55 bits per heavy atom. The van der Waals surface area contributed by atoms with Gasteiger partial charge in [-0.2, -0.15) is 13.2 Å². The van der Waals surface area contributed by atoms with Gasteiger partial charge in [-0.05, 0) is 18.4 Å². The second-order valence-electron chi connectivity index (χ2n) is 3.83. The maximum Gasteiger partial charge on any atom is 0.418 e. The molecule has 8 heteroatoms. The van der Waals surface area contributed by atoms with Gasteiger partial charge in [0.2, 0.25) is 0 Å². The number of nitrogens with one attached hydrogen (secondary N) is 1. The highest BCUT2D eigenvalue weighted by Crippen LogP contribution is 2.35. The second kappa shape index (κ2) is 5.58. The van der Waals surface area contributed by atoms with Crippen LogP contribution in [0.5, 0.6) is 0 Å². The molecule has 20 heavy (non-hydrogen) atoms. The predicted octanol–water partition coefficient (Wildman–Crippen LogP) is 3.54. The van der Waals surface area contributed by atoms with Gasteiger partial charge in [0.05, 0.1) is 11.3 Å². The maximum atomic E-state index is 12.9. The minimum absolute atomic E-state index is 0.0786. The van der Waals surface area contributed by atoms with Gasteiger partial charge in [0.25, 0.3) is 0 Å². The molecule has 3 N–H and O–H groups in total. The molecule has 1 aromatic carbocycles. The number of halogens is 3. The molecule has 0 amide bonds. The van der Waals surface area contributed by atoms with E-state index in [-0.39, 0.29) is 17.3 Å². The van der Waals surface area contributed by atoms with Crippen molar-refractivity contribution in [1.82, 2.24) is 9.97 Å². The first-order valence-electron chi connectivity index (χ1n) is 5.52. The number of hydrogen-bond donors (Lipinski definition) is 2. The van der Waals surface area contributed by atoms with Crippen LogP contribution in [0.2, 0.25) is 0 Å². The Labute approximate surface area is 117 Å². The molecule has 1 aromatic heterocycles. The third-order valence-corrected chi connectivity index (χ3v) is 2.95. The molecule has 0 unspecified atom stereocenters. The number of nitrogen functional groups attached to an aromatic ring is 1. The standard InChI is InChI=1S/C12H11F3N4S/c1-20-11-18-9(16)6-10(19-11)17-8-5-3-2-4-7(8)12(13,14)15/h2-6H,1H3,(H3,16,17,18,19). The molecule has 0 radical (unpaired) electrons. The molecule has 4 nitrogen and oxygen atoms in total. The van der Waals surface area contributed by atoms with Crippen molar-refractivity contribution in [3.63, 3.8) is 0 Å². The molecule has 0 saturated heterocycles. The molecule has 0 atom stereocenters. The molecule has 0 aliphatic rings. The molecule has 1 heterocycles. The van der Waals surface area contributed by atoms with Crippen molar-refractivity contribution in [2.45, 2.75) is 11.3 Å². The number of rotatable bonds is 3.